The van der Waals surface area contributed by atoms with Crippen molar-refractivity contribution in [1.82, 2.24) is 0 Å². The summed E-state index contributed by atoms with van der Waals surface area (Å²) in [5, 5.41) is 0. The summed E-state index contributed by atoms with van der Waals surface area (Å²) >= 11 is 0. The largest absolute Gasteiger partial charge is 0.407 e. The second-order valence-corrected chi connectivity index (χ2v) is 5.47. The average Bonchev–Trinajstić information content (AvgIpc) is 2.45. The standard InChI is InChI=1S/C16H16N2O4/c1-9-7-13(19)21-15(17-9)11-5-3-4-6-12(11)16-18-10(2)8-14(20)22-16/h3-6,9-10H,7-8H2,1-2H3. The SMILES string of the molecule is CC1CC(=O)OC(c2ccccc2C2=NC(C)CC(=O)O2)=N1. The minimum absolute atomic E-state index is 0.140. The highest BCUT2D eigenvalue weighted by Gasteiger charge is 2.27. The van der Waals surface area contributed by atoms with Crippen LogP contribution < -0.4 is 0 Å². The second kappa shape index (κ2) is 5.71. The molecule has 2 atom stereocenters. The molecule has 0 amide bonds. The van der Waals surface area contributed by atoms with Crippen LogP contribution in [0.4, 0.5) is 0 Å². The Kier molecular flexibility index (Phi) is 3.75. The van der Waals surface area contributed by atoms with E-state index in [1.165, 1.54) is 0 Å². The summed E-state index contributed by atoms with van der Waals surface area (Å²) in [5.74, 6) is -0.140. The van der Waals surface area contributed by atoms with Crippen LogP contribution in [0, 0.1) is 0 Å². The van der Waals surface area contributed by atoms with Crippen LogP contribution in [0.15, 0.2) is 34.3 Å². The molecule has 2 unspecified atom stereocenters. The second-order valence-electron chi connectivity index (χ2n) is 5.47. The number of hydrogen-bond acceptors (Lipinski definition) is 6. The highest BCUT2D eigenvalue weighted by molar-refractivity contribution is 6.12. The molecule has 0 bridgehead atoms. The molecule has 2 heterocycles. The maximum Gasteiger partial charge on any atom is 0.314 e. The number of cyclic esters (lactones) is 2. The molecule has 3 rings (SSSR count). The van der Waals surface area contributed by atoms with Gasteiger partial charge in [0.05, 0.1) is 24.9 Å². The third kappa shape index (κ3) is 2.90. The van der Waals surface area contributed by atoms with Crippen LogP contribution in [0.1, 0.15) is 37.8 Å². The van der Waals surface area contributed by atoms with E-state index >= 15 is 0 Å². The third-order valence-corrected chi connectivity index (χ3v) is 3.41. The van der Waals surface area contributed by atoms with Crippen molar-refractivity contribution in [3.63, 3.8) is 0 Å². The van der Waals surface area contributed by atoms with Crippen LogP contribution in [-0.2, 0) is 19.1 Å². The molecule has 22 heavy (non-hydrogen) atoms. The Morgan fingerprint density at radius 1 is 0.864 bits per heavy atom. The molecule has 0 saturated heterocycles. The Bertz CT molecular complexity index is 634. The molecule has 6 heteroatoms. The first-order chi connectivity index (χ1) is 10.5. The molecule has 2 aliphatic rings. The van der Waals surface area contributed by atoms with Gasteiger partial charge in [-0.3, -0.25) is 9.59 Å². The molecule has 0 saturated carbocycles. The van der Waals surface area contributed by atoms with Crippen molar-refractivity contribution in [2.24, 2.45) is 9.98 Å². The van der Waals surface area contributed by atoms with E-state index in [0.717, 1.165) is 0 Å². The van der Waals surface area contributed by atoms with Crippen LogP contribution in [0.3, 0.4) is 0 Å². The number of carbonyl (C=O) groups excluding carboxylic acids is 2. The van der Waals surface area contributed by atoms with E-state index in [-0.39, 0.29) is 48.7 Å². The minimum Gasteiger partial charge on any atom is -0.407 e. The van der Waals surface area contributed by atoms with Gasteiger partial charge in [-0.05, 0) is 26.0 Å². The fourth-order valence-electron chi connectivity index (χ4n) is 2.43. The molecule has 0 N–H and O–H groups in total. The zero-order valence-electron chi connectivity index (χ0n) is 12.4. The number of rotatable bonds is 2. The third-order valence-electron chi connectivity index (χ3n) is 3.41. The van der Waals surface area contributed by atoms with Gasteiger partial charge < -0.3 is 9.47 Å². The van der Waals surface area contributed by atoms with Crippen LogP contribution in [0.5, 0.6) is 0 Å². The molecule has 0 aliphatic carbocycles. The maximum absolute atomic E-state index is 11.6. The molecule has 0 aromatic heterocycles. The van der Waals surface area contributed by atoms with E-state index in [4.69, 9.17) is 9.47 Å². The minimum atomic E-state index is -0.316. The van der Waals surface area contributed by atoms with Gasteiger partial charge in [-0.1, -0.05) is 12.1 Å². The number of ether oxygens (including phenoxy) is 2. The van der Waals surface area contributed by atoms with Gasteiger partial charge in [0.2, 0.25) is 11.8 Å². The van der Waals surface area contributed by atoms with Crippen LogP contribution in [0.2, 0.25) is 0 Å². The topological polar surface area (TPSA) is 77.3 Å². The highest BCUT2D eigenvalue weighted by Crippen LogP contribution is 2.21. The van der Waals surface area contributed by atoms with E-state index in [2.05, 4.69) is 9.98 Å². The Morgan fingerprint density at radius 2 is 1.27 bits per heavy atom. The van der Waals surface area contributed by atoms with Crippen molar-refractivity contribution in [2.45, 2.75) is 38.8 Å². The van der Waals surface area contributed by atoms with Gasteiger partial charge >= 0.3 is 11.9 Å². The fraction of sp³-hybridized carbons (Fsp3) is 0.375. The summed E-state index contributed by atoms with van der Waals surface area (Å²) in [4.78, 5) is 32.0. The van der Waals surface area contributed by atoms with Crippen molar-refractivity contribution in [3.8, 4) is 0 Å². The highest BCUT2D eigenvalue weighted by atomic mass is 16.6. The Labute approximate surface area is 127 Å². The number of benzene rings is 1. The summed E-state index contributed by atoms with van der Waals surface area (Å²) in [7, 11) is 0. The van der Waals surface area contributed by atoms with E-state index in [1.807, 2.05) is 26.0 Å². The quantitative estimate of drug-likeness (QED) is 0.781. The molecular weight excluding hydrogens is 284 g/mol. The van der Waals surface area contributed by atoms with Gasteiger partial charge in [-0.2, -0.15) is 0 Å². The Hall–Kier alpha value is -2.50. The van der Waals surface area contributed by atoms with Crippen molar-refractivity contribution < 1.29 is 19.1 Å². The number of carbonyl (C=O) groups is 2. The van der Waals surface area contributed by atoms with E-state index in [1.54, 1.807) is 12.1 Å². The van der Waals surface area contributed by atoms with E-state index in [9.17, 15) is 9.59 Å². The van der Waals surface area contributed by atoms with Gasteiger partial charge in [-0.25, -0.2) is 9.98 Å². The van der Waals surface area contributed by atoms with Gasteiger partial charge in [-0.15, -0.1) is 0 Å². The molecule has 2 aliphatic heterocycles. The monoisotopic (exact) mass is 300 g/mol. The molecule has 0 fully saturated rings. The van der Waals surface area contributed by atoms with Crippen molar-refractivity contribution in [2.75, 3.05) is 0 Å². The van der Waals surface area contributed by atoms with E-state index < -0.39 is 0 Å². The summed E-state index contributed by atoms with van der Waals surface area (Å²) in [6.45, 7) is 3.70. The van der Waals surface area contributed by atoms with Gasteiger partial charge in [0.25, 0.3) is 0 Å². The molecule has 0 spiro atoms. The lowest BCUT2D eigenvalue weighted by Crippen LogP contribution is -2.29. The number of hydrogen-bond donors (Lipinski definition) is 0. The van der Waals surface area contributed by atoms with Crippen LogP contribution in [-0.4, -0.2) is 35.8 Å². The van der Waals surface area contributed by atoms with E-state index in [0.29, 0.717) is 11.1 Å². The summed E-state index contributed by atoms with van der Waals surface area (Å²) in [5.41, 5.74) is 1.20. The number of esters is 2. The smallest absolute Gasteiger partial charge is 0.314 e. The first kappa shape index (κ1) is 14.4. The molecule has 1 aromatic rings. The van der Waals surface area contributed by atoms with Crippen LogP contribution in [0.25, 0.3) is 0 Å². The molecular formula is C16H16N2O4. The average molecular weight is 300 g/mol. The first-order valence-corrected chi connectivity index (χ1v) is 7.19. The van der Waals surface area contributed by atoms with Crippen molar-refractivity contribution >= 4 is 23.7 Å². The van der Waals surface area contributed by atoms with Crippen LogP contribution >= 0.6 is 0 Å². The molecule has 0 radical (unpaired) electrons. The maximum atomic E-state index is 11.6. The Balaban J connectivity index is 2.04. The summed E-state index contributed by atoms with van der Waals surface area (Å²) in [6.07, 6.45) is 0.525. The fourth-order valence-corrected chi connectivity index (χ4v) is 2.43. The van der Waals surface area contributed by atoms with Gasteiger partial charge in [0, 0.05) is 11.1 Å². The predicted molar refractivity (Wildman–Crippen MR) is 79.9 cm³/mol. The van der Waals surface area contributed by atoms with Gasteiger partial charge in [0.15, 0.2) is 0 Å². The van der Waals surface area contributed by atoms with Crippen molar-refractivity contribution in [3.05, 3.63) is 35.4 Å². The zero-order valence-corrected chi connectivity index (χ0v) is 12.4. The van der Waals surface area contributed by atoms with Crippen molar-refractivity contribution in [1.29, 1.82) is 0 Å². The Morgan fingerprint density at radius 3 is 1.64 bits per heavy atom. The van der Waals surface area contributed by atoms with Gasteiger partial charge in [0.1, 0.15) is 0 Å². The molecule has 114 valence electrons. The predicted octanol–water partition coefficient (Wildman–Crippen LogP) is 1.85. The first-order valence-electron chi connectivity index (χ1n) is 7.19. The zero-order chi connectivity index (χ0) is 15.7. The number of nitrogens with zero attached hydrogens (tertiary/aromatic N) is 2. The lowest BCUT2D eigenvalue weighted by atomic mass is 10.1. The normalized spacial score (nSPS) is 25.0. The lowest BCUT2D eigenvalue weighted by Gasteiger charge is -2.21. The molecule has 6 nitrogen and oxygen atoms in total. The lowest BCUT2D eigenvalue weighted by molar-refractivity contribution is -0.137. The summed E-state index contributed by atoms with van der Waals surface area (Å²) in [6, 6.07) is 6.88. The molecule has 1 aromatic carbocycles. The summed E-state index contributed by atoms with van der Waals surface area (Å²) < 4.78 is 10.5. The number of aliphatic imine (C=N–C) groups is 2.